The zero-order valence-electron chi connectivity index (χ0n) is 9.28. The monoisotopic (exact) mass is 222 g/mol. The fraction of sp³-hybridized carbons (Fsp3) is 0.400. The van der Waals surface area contributed by atoms with Gasteiger partial charge < -0.3 is 11.1 Å². The number of hydrogen-bond donors (Lipinski definition) is 2. The van der Waals surface area contributed by atoms with Crippen LogP contribution in [0.25, 0.3) is 0 Å². The van der Waals surface area contributed by atoms with Crippen molar-refractivity contribution in [1.82, 2.24) is 9.97 Å². The summed E-state index contributed by atoms with van der Waals surface area (Å²) in [4.78, 5) is 30.0. The molecule has 0 unspecified atom stereocenters. The third-order valence-electron chi connectivity index (χ3n) is 1.92. The number of primary amides is 1. The fourth-order valence-electron chi connectivity index (χ4n) is 1.15. The predicted molar refractivity (Wildman–Crippen MR) is 58.6 cm³/mol. The molecule has 0 saturated heterocycles. The molecule has 3 N–H and O–H groups in total. The van der Waals surface area contributed by atoms with Gasteiger partial charge in [0, 0.05) is 12.8 Å². The summed E-state index contributed by atoms with van der Waals surface area (Å²) in [6, 6.07) is 0. The topological polar surface area (TPSA) is 98.0 Å². The maximum absolute atomic E-state index is 11.4. The van der Waals surface area contributed by atoms with Gasteiger partial charge >= 0.3 is 0 Å². The number of nitrogens with two attached hydrogens (primary N) is 1. The molecule has 0 atom stereocenters. The van der Waals surface area contributed by atoms with Crippen molar-refractivity contribution in [3.63, 3.8) is 0 Å². The molecule has 0 aliphatic heterocycles. The van der Waals surface area contributed by atoms with Crippen molar-refractivity contribution in [3.05, 3.63) is 17.6 Å². The Hall–Kier alpha value is -1.98. The van der Waals surface area contributed by atoms with Gasteiger partial charge in [0.2, 0.25) is 11.8 Å². The highest BCUT2D eigenvalue weighted by molar-refractivity contribution is 5.92. The van der Waals surface area contributed by atoms with Gasteiger partial charge in [0.1, 0.15) is 0 Å². The maximum atomic E-state index is 11.4. The number of amides is 2. The van der Waals surface area contributed by atoms with Gasteiger partial charge in [0.25, 0.3) is 0 Å². The lowest BCUT2D eigenvalue weighted by Crippen LogP contribution is -2.18. The molecule has 0 bridgehead atoms. The molecule has 0 radical (unpaired) electrons. The van der Waals surface area contributed by atoms with E-state index in [0.717, 1.165) is 5.69 Å². The SMILES string of the molecule is Cc1cnc(NC(=O)CCC(N)=O)c(C)n1. The highest BCUT2D eigenvalue weighted by Crippen LogP contribution is 2.08. The summed E-state index contributed by atoms with van der Waals surface area (Å²) < 4.78 is 0. The Balaban J connectivity index is 2.59. The molecule has 2 amide bonds. The zero-order chi connectivity index (χ0) is 12.1. The number of nitrogens with one attached hydrogen (secondary N) is 1. The molecule has 0 saturated carbocycles. The number of anilines is 1. The number of aromatic nitrogens is 2. The molecule has 1 heterocycles. The molecule has 0 aromatic carbocycles. The van der Waals surface area contributed by atoms with Crippen LogP contribution in [0.2, 0.25) is 0 Å². The van der Waals surface area contributed by atoms with Crippen molar-refractivity contribution in [1.29, 1.82) is 0 Å². The average molecular weight is 222 g/mol. The number of carbonyl (C=O) groups is 2. The molecule has 16 heavy (non-hydrogen) atoms. The van der Waals surface area contributed by atoms with E-state index in [2.05, 4.69) is 15.3 Å². The zero-order valence-corrected chi connectivity index (χ0v) is 9.28. The molecule has 0 fully saturated rings. The Morgan fingerprint density at radius 3 is 2.62 bits per heavy atom. The van der Waals surface area contributed by atoms with Crippen LogP contribution >= 0.6 is 0 Å². The lowest BCUT2D eigenvalue weighted by atomic mass is 10.3. The van der Waals surface area contributed by atoms with Crippen molar-refractivity contribution >= 4 is 17.6 Å². The van der Waals surface area contributed by atoms with Crippen molar-refractivity contribution in [2.24, 2.45) is 5.73 Å². The minimum atomic E-state index is -0.498. The van der Waals surface area contributed by atoms with Crippen LogP contribution in [0.15, 0.2) is 6.20 Å². The van der Waals surface area contributed by atoms with Crippen molar-refractivity contribution in [2.45, 2.75) is 26.7 Å². The molecular formula is C10H14N4O2. The first-order valence-corrected chi connectivity index (χ1v) is 4.87. The van der Waals surface area contributed by atoms with Crippen LogP contribution in [0.5, 0.6) is 0 Å². The number of carbonyl (C=O) groups excluding carboxylic acids is 2. The fourth-order valence-corrected chi connectivity index (χ4v) is 1.15. The van der Waals surface area contributed by atoms with Gasteiger partial charge in [-0.1, -0.05) is 0 Å². The average Bonchev–Trinajstić information content (AvgIpc) is 2.19. The van der Waals surface area contributed by atoms with Crippen molar-refractivity contribution in [3.8, 4) is 0 Å². The van der Waals surface area contributed by atoms with E-state index in [9.17, 15) is 9.59 Å². The molecular weight excluding hydrogens is 208 g/mol. The minimum absolute atomic E-state index is 0.0319. The highest BCUT2D eigenvalue weighted by atomic mass is 16.2. The Morgan fingerprint density at radius 1 is 1.38 bits per heavy atom. The third kappa shape index (κ3) is 3.64. The smallest absolute Gasteiger partial charge is 0.226 e. The largest absolute Gasteiger partial charge is 0.370 e. The van der Waals surface area contributed by atoms with E-state index in [1.54, 1.807) is 13.1 Å². The summed E-state index contributed by atoms with van der Waals surface area (Å²) in [6.07, 6.45) is 1.66. The first-order valence-electron chi connectivity index (χ1n) is 4.87. The third-order valence-corrected chi connectivity index (χ3v) is 1.92. The summed E-state index contributed by atoms with van der Waals surface area (Å²) in [5, 5.41) is 2.57. The van der Waals surface area contributed by atoms with Gasteiger partial charge in [0.05, 0.1) is 17.6 Å². The van der Waals surface area contributed by atoms with Crippen LogP contribution in [0, 0.1) is 13.8 Å². The Morgan fingerprint density at radius 2 is 2.06 bits per heavy atom. The second-order valence-corrected chi connectivity index (χ2v) is 3.46. The number of rotatable bonds is 4. The second-order valence-electron chi connectivity index (χ2n) is 3.46. The number of aryl methyl sites for hydroxylation is 2. The van der Waals surface area contributed by atoms with Crippen LogP contribution in [-0.2, 0) is 9.59 Å². The molecule has 86 valence electrons. The second kappa shape index (κ2) is 5.20. The molecule has 0 spiro atoms. The van der Waals surface area contributed by atoms with Gasteiger partial charge in [-0.2, -0.15) is 0 Å². The Labute approximate surface area is 93.3 Å². The molecule has 1 aromatic rings. The maximum Gasteiger partial charge on any atom is 0.226 e. The van der Waals surface area contributed by atoms with Crippen LogP contribution in [0.1, 0.15) is 24.2 Å². The van der Waals surface area contributed by atoms with Crippen LogP contribution in [0.3, 0.4) is 0 Å². The van der Waals surface area contributed by atoms with Crippen LogP contribution < -0.4 is 11.1 Å². The summed E-state index contributed by atoms with van der Waals surface area (Å²) >= 11 is 0. The molecule has 6 nitrogen and oxygen atoms in total. The molecule has 1 aromatic heterocycles. The van der Waals surface area contributed by atoms with E-state index in [4.69, 9.17) is 5.73 Å². The van der Waals surface area contributed by atoms with Gasteiger partial charge in [-0.3, -0.25) is 14.6 Å². The molecule has 6 heteroatoms. The first kappa shape index (κ1) is 12.1. The van der Waals surface area contributed by atoms with E-state index in [1.165, 1.54) is 0 Å². The predicted octanol–water partition coefficient (Wildman–Crippen LogP) is 0.297. The van der Waals surface area contributed by atoms with E-state index in [1.807, 2.05) is 6.92 Å². The quantitative estimate of drug-likeness (QED) is 0.765. The van der Waals surface area contributed by atoms with E-state index in [0.29, 0.717) is 11.5 Å². The van der Waals surface area contributed by atoms with E-state index in [-0.39, 0.29) is 18.7 Å². The lowest BCUT2D eigenvalue weighted by molar-refractivity contribution is -0.122. The lowest BCUT2D eigenvalue weighted by Gasteiger charge is -2.06. The highest BCUT2D eigenvalue weighted by Gasteiger charge is 2.08. The van der Waals surface area contributed by atoms with Crippen molar-refractivity contribution in [2.75, 3.05) is 5.32 Å². The first-order chi connectivity index (χ1) is 7.49. The summed E-state index contributed by atoms with van der Waals surface area (Å²) in [5.41, 5.74) is 6.37. The Bertz CT molecular complexity index is 417. The molecule has 1 rings (SSSR count). The Kier molecular flexibility index (Phi) is 3.93. The summed E-state index contributed by atoms with van der Waals surface area (Å²) in [7, 11) is 0. The van der Waals surface area contributed by atoms with E-state index >= 15 is 0 Å². The van der Waals surface area contributed by atoms with Crippen LogP contribution in [0.4, 0.5) is 5.82 Å². The summed E-state index contributed by atoms with van der Waals surface area (Å²) in [5.74, 6) is -0.373. The normalized spacial score (nSPS) is 9.88. The number of hydrogen-bond acceptors (Lipinski definition) is 4. The van der Waals surface area contributed by atoms with E-state index < -0.39 is 5.91 Å². The van der Waals surface area contributed by atoms with Gasteiger partial charge in [-0.05, 0) is 13.8 Å². The molecule has 0 aliphatic carbocycles. The summed E-state index contributed by atoms with van der Waals surface area (Å²) in [6.45, 7) is 3.57. The van der Waals surface area contributed by atoms with Gasteiger partial charge in [0.15, 0.2) is 5.82 Å². The van der Waals surface area contributed by atoms with Gasteiger partial charge in [-0.25, -0.2) is 4.98 Å². The minimum Gasteiger partial charge on any atom is -0.370 e. The van der Waals surface area contributed by atoms with Crippen LogP contribution in [-0.4, -0.2) is 21.8 Å². The molecule has 0 aliphatic rings. The van der Waals surface area contributed by atoms with Gasteiger partial charge in [-0.15, -0.1) is 0 Å². The standard InChI is InChI=1S/C10H14N4O2/c1-6-5-12-10(7(2)13-6)14-9(16)4-3-8(11)15/h5H,3-4H2,1-2H3,(H2,11,15)(H,12,14,16). The number of nitrogens with zero attached hydrogens (tertiary/aromatic N) is 2. The van der Waals surface area contributed by atoms with Crippen molar-refractivity contribution < 1.29 is 9.59 Å².